The van der Waals surface area contributed by atoms with E-state index in [0.29, 0.717) is 24.9 Å². The van der Waals surface area contributed by atoms with Crippen molar-refractivity contribution in [2.75, 3.05) is 6.54 Å². The minimum Gasteiger partial charge on any atom is -0.393 e. The van der Waals surface area contributed by atoms with Gasteiger partial charge in [0.2, 0.25) is 0 Å². The number of hydrogen-bond donors (Lipinski definition) is 2. The molecule has 2 N–H and O–H groups in total. The number of aliphatic hydroxyl groups excluding tert-OH is 1. The zero-order valence-corrected chi connectivity index (χ0v) is 9.24. The number of carbonyl (C=O) groups is 1. The molecule has 88 valence electrons. The van der Waals surface area contributed by atoms with Crippen LogP contribution < -0.4 is 5.32 Å². The number of nitrogens with one attached hydrogen (secondary N) is 1. The summed E-state index contributed by atoms with van der Waals surface area (Å²) in [7, 11) is 0. The molecule has 0 radical (unpaired) electrons. The predicted molar refractivity (Wildman–Crippen MR) is 59.6 cm³/mol. The number of carbonyl (C=O) groups excluding carboxylic acids is 1. The second kappa shape index (κ2) is 6.23. The lowest BCUT2D eigenvalue weighted by Crippen LogP contribution is -2.26. The van der Waals surface area contributed by atoms with Crippen molar-refractivity contribution in [1.82, 2.24) is 5.32 Å². The summed E-state index contributed by atoms with van der Waals surface area (Å²) < 4.78 is 12.6. The van der Waals surface area contributed by atoms with E-state index in [4.69, 9.17) is 0 Å². The molecule has 0 spiro atoms. The molecule has 1 unspecified atom stereocenters. The molecule has 16 heavy (non-hydrogen) atoms. The van der Waals surface area contributed by atoms with Gasteiger partial charge in [-0.3, -0.25) is 4.79 Å². The number of amides is 1. The molecule has 1 aromatic carbocycles. The maximum Gasteiger partial charge on any atom is 0.251 e. The number of aliphatic hydroxyl groups is 1. The molecule has 0 aliphatic carbocycles. The van der Waals surface area contributed by atoms with Gasteiger partial charge in [0.05, 0.1) is 6.10 Å². The first kappa shape index (κ1) is 12.6. The van der Waals surface area contributed by atoms with Gasteiger partial charge in [-0.1, -0.05) is 6.92 Å². The lowest BCUT2D eigenvalue weighted by molar-refractivity contribution is 0.0942. The van der Waals surface area contributed by atoms with Gasteiger partial charge in [-0.15, -0.1) is 0 Å². The van der Waals surface area contributed by atoms with Crippen molar-refractivity contribution in [2.24, 2.45) is 0 Å². The minimum absolute atomic E-state index is 0.247. The van der Waals surface area contributed by atoms with Crippen LogP contribution in [-0.2, 0) is 0 Å². The molecule has 3 nitrogen and oxygen atoms in total. The van der Waals surface area contributed by atoms with Crippen LogP contribution in [0.25, 0.3) is 0 Å². The molecular formula is C12H16FNO2. The van der Waals surface area contributed by atoms with E-state index in [9.17, 15) is 14.3 Å². The van der Waals surface area contributed by atoms with Gasteiger partial charge in [0.25, 0.3) is 5.91 Å². The maximum atomic E-state index is 12.6. The molecule has 1 atom stereocenters. The SMILES string of the molecule is CCC(O)CCNC(=O)c1ccc(F)cc1. The van der Waals surface area contributed by atoms with Crippen LogP contribution in [-0.4, -0.2) is 23.7 Å². The third-order valence-corrected chi connectivity index (χ3v) is 2.34. The first-order valence-corrected chi connectivity index (χ1v) is 5.35. The summed E-state index contributed by atoms with van der Waals surface area (Å²) in [5.74, 6) is -0.610. The third-order valence-electron chi connectivity index (χ3n) is 2.34. The van der Waals surface area contributed by atoms with Crippen LogP contribution in [0, 0.1) is 5.82 Å². The Morgan fingerprint density at radius 3 is 2.62 bits per heavy atom. The first-order valence-electron chi connectivity index (χ1n) is 5.35. The molecule has 0 aromatic heterocycles. The molecular weight excluding hydrogens is 209 g/mol. The molecule has 0 heterocycles. The summed E-state index contributed by atoms with van der Waals surface area (Å²) in [4.78, 5) is 11.5. The molecule has 1 amide bonds. The van der Waals surface area contributed by atoms with Crippen molar-refractivity contribution in [3.63, 3.8) is 0 Å². The second-order valence-electron chi connectivity index (χ2n) is 3.61. The van der Waals surface area contributed by atoms with E-state index >= 15 is 0 Å². The fourth-order valence-electron chi connectivity index (χ4n) is 1.26. The van der Waals surface area contributed by atoms with Crippen molar-refractivity contribution >= 4 is 5.91 Å². The number of rotatable bonds is 5. The van der Waals surface area contributed by atoms with Gasteiger partial charge < -0.3 is 10.4 Å². The second-order valence-corrected chi connectivity index (χ2v) is 3.61. The van der Waals surface area contributed by atoms with Crippen molar-refractivity contribution in [3.8, 4) is 0 Å². The normalized spacial score (nSPS) is 12.2. The highest BCUT2D eigenvalue weighted by Gasteiger charge is 2.06. The van der Waals surface area contributed by atoms with E-state index < -0.39 is 0 Å². The number of benzene rings is 1. The number of hydrogen-bond acceptors (Lipinski definition) is 2. The molecule has 0 aliphatic rings. The molecule has 4 heteroatoms. The van der Waals surface area contributed by atoms with E-state index in [1.807, 2.05) is 6.92 Å². The van der Waals surface area contributed by atoms with Crippen LogP contribution >= 0.6 is 0 Å². The molecule has 1 rings (SSSR count). The maximum absolute atomic E-state index is 12.6. The van der Waals surface area contributed by atoms with Crippen LogP contribution in [0.4, 0.5) is 4.39 Å². The Hall–Kier alpha value is -1.42. The molecule has 0 aliphatic heterocycles. The Labute approximate surface area is 94.3 Å². The quantitative estimate of drug-likeness (QED) is 0.801. The van der Waals surface area contributed by atoms with Gasteiger partial charge in [-0.2, -0.15) is 0 Å². The van der Waals surface area contributed by atoms with Crippen LogP contribution in [0.3, 0.4) is 0 Å². The Morgan fingerprint density at radius 2 is 2.06 bits per heavy atom. The van der Waals surface area contributed by atoms with Gasteiger partial charge in [0, 0.05) is 12.1 Å². The molecule has 0 bridgehead atoms. The van der Waals surface area contributed by atoms with E-state index in [1.54, 1.807) is 0 Å². The van der Waals surface area contributed by atoms with E-state index in [2.05, 4.69) is 5.32 Å². The minimum atomic E-state index is -0.381. The van der Waals surface area contributed by atoms with Crippen molar-refractivity contribution < 1.29 is 14.3 Å². The average Bonchev–Trinajstić information content (AvgIpc) is 2.29. The highest BCUT2D eigenvalue weighted by molar-refractivity contribution is 5.94. The average molecular weight is 225 g/mol. The fourth-order valence-corrected chi connectivity index (χ4v) is 1.26. The summed E-state index contributed by atoms with van der Waals surface area (Å²) in [5.41, 5.74) is 0.424. The zero-order chi connectivity index (χ0) is 12.0. The van der Waals surface area contributed by atoms with Crippen LogP contribution in [0.1, 0.15) is 30.1 Å². The van der Waals surface area contributed by atoms with E-state index in [0.717, 1.165) is 0 Å². The predicted octanol–water partition coefficient (Wildman–Crippen LogP) is 1.72. The smallest absolute Gasteiger partial charge is 0.251 e. The molecule has 0 fully saturated rings. The van der Waals surface area contributed by atoms with Crippen LogP contribution in [0.15, 0.2) is 24.3 Å². The Balaban J connectivity index is 2.38. The third kappa shape index (κ3) is 3.98. The van der Waals surface area contributed by atoms with Gasteiger partial charge in [-0.25, -0.2) is 4.39 Å². The van der Waals surface area contributed by atoms with Crippen molar-refractivity contribution in [1.29, 1.82) is 0 Å². The van der Waals surface area contributed by atoms with Gasteiger partial charge in [-0.05, 0) is 37.1 Å². The lowest BCUT2D eigenvalue weighted by atomic mass is 10.2. The first-order chi connectivity index (χ1) is 7.63. The summed E-state index contributed by atoms with van der Waals surface area (Å²) in [5, 5.41) is 11.9. The Morgan fingerprint density at radius 1 is 1.44 bits per heavy atom. The van der Waals surface area contributed by atoms with Crippen molar-refractivity contribution in [3.05, 3.63) is 35.6 Å². The number of halogens is 1. The largest absolute Gasteiger partial charge is 0.393 e. The summed E-state index contributed by atoms with van der Waals surface area (Å²) in [6.45, 7) is 2.30. The van der Waals surface area contributed by atoms with Gasteiger partial charge >= 0.3 is 0 Å². The monoisotopic (exact) mass is 225 g/mol. The lowest BCUT2D eigenvalue weighted by Gasteiger charge is -2.08. The van der Waals surface area contributed by atoms with Crippen molar-refractivity contribution in [2.45, 2.75) is 25.9 Å². The topological polar surface area (TPSA) is 49.3 Å². The fraction of sp³-hybridized carbons (Fsp3) is 0.417. The van der Waals surface area contributed by atoms with Gasteiger partial charge in [0.1, 0.15) is 5.82 Å². The molecule has 1 aromatic rings. The van der Waals surface area contributed by atoms with Crippen LogP contribution in [0.5, 0.6) is 0 Å². The van der Waals surface area contributed by atoms with E-state index in [-0.39, 0.29) is 17.8 Å². The molecule has 0 saturated carbocycles. The van der Waals surface area contributed by atoms with E-state index in [1.165, 1.54) is 24.3 Å². The molecule has 0 saturated heterocycles. The Kier molecular flexibility index (Phi) is 4.92. The Bertz CT molecular complexity index is 337. The van der Waals surface area contributed by atoms with Crippen LogP contribution in [0.2, 0.25) is 0 Å². The van der Waals surface area contributed by atoms with Gasteiger partial charge in [0.15, 0.2) is 0 Å². The summed E-state index contributed by atoms with van der Waals surface area (Å²) >= 11 is 0. The zero-order valence-electron chi connectivity index (χ0n) is 9.24. The summed E-state index contributed by atoms with van der Waals surface area (Å²) in [6, 6.07) is 5.35. The highest BCUT2D eigenvalue weighted by atomic mass is 19.1. The summed E-state index contributed by atoms with van der Waals surface area (Å²) in [6.07, 6.45) is 0.823. The highest BCUT2D eigenvalue weighted by Crippen LogP contribution is 2.02. The standard InChI is InChI=1S/C12H16FNO2/c1-2-11(15)7-8-14-12(16)9-3-5-10(13)6-4-9/h3-6,11,15H,2,7-8H2,1H3,(H,14,16).